The van der Waals surface area contributed by atoms with Gasteiger partial charge in [0.05, 0.1) is 6.04 Å². The SMILES string of the molecule is O=C(NCC1CCN(Cc2cccs2)CC1)[C@@H]1CCCN1. The first-order valence-electron chi connectivity index (χ1n) is 8.07. The lowest BCUT2D eigenvalue weighted by Crippen LogP contribution is -2.44. The average Bonchev–Trinajstić information content (AvgIpc) is 3.19. The highest BCUT2D eigenvalue weighted by Crippen LogP contribution is 2.20. The minimum Gasteiger partial charge on any atom is -0.354 e. The van der Waals surface area contributed by atoms with Gasteiger partial charge in [0.15, 0.2) is 0 Å². The van der Waals surface area contributed by atoms with Gasteiger partial charge in [0, 0.05) is 18.0 Å². The Bertz CT molecular complexity index is 434. The molecule has 0 saturated carbocycles. The molecule has 2 fully saturated rings. The van der Waals surface area contributed by atoms with Crippen molar-refractivity contribution < 1.29 is 4.79 Å². The van der Waals surface area contributed by atoms with E-state index in [9.17, 15) is 4.79 Å². The van der Waals surface area contributed by atoms with Crippen molar-refractivity contribution in [2.45, 2.75) is 38.3 Å². The van der Waals surface area contributed by atoms with Gasteiger partial charge in [-0.2, -0.15) is 0 Å². The minimum atomic E-state index is 0.0592. The summed E-state index contributed by atoms with van der Waals surface area (Å²) < 4.78 is 0. The third-order valence-corrected chi connectivity index (χ3v) is 5.47. The molecular formula is C16H25N3OS. The number of nitrogens with one attached hydrogen (secondary N) is 2. The maximum Gasteiger partial charge on any atom is 0.237 e. The van der Waals surface area contributed by atoms with Crippen molar-refractivity contribution in [3.63, 3.8) is 0 Å². The number of carbonyl (C=O) groups excluding carboxylic acids is 1. The summed E-state index contributed by atoms with van der Waals surface area (Å²) in [5.74, 6) is 0.850. The van der Waals surface area contributed by atoms with Crippen molar-refractivity contribution in [2.24, 2.45) is 5.92 Å². The number of amides is 1. The molecule has 2 aliphatic heterocycles. The molecule has 21 heavy (non-hydrogen) atoms. The standard InChI is InChI=1S/C16H25N3OS/c20-16(15-4-1-7-17-15)18-11-13-5-8-19(9-6-13)12-14-3-2-10-21-14/h2-3,10,13,15,17H,1,4-9,11-12H2,(H,18,20)/t15-/m0/s1. The van der Waals surface area contributed by atoms with E-state index in [1.54, 1.807) is 0 Å². The maximum atomic E-state index is 12.0. The Morgan fingerprint density at radius 3 is 2.90 bits per heavy atom. The molecule has 2 aliphatic rings. The molecule has 5 heteroatoms. The fourth-order valence-electron chi connectivity index (χ4n) is 3.25. The summed E-state index contributed by atoms with van der Waals surface area (Å²) in [7, 11) is 0. The number of hydrogen-bond acceptors (Lipinski definition) is 4. The van der Waals surface area contributed by atoms with Crippen LogP contribution in [0.2, 0.25) is 0 Å². The number of nitrogens with zero attached hydrogens (tertiary/aromatic N) is 1. The van der Waals surface area contributed by atoms with Crippen LogP contribution in [0.4, 0.5) is 0 Å². The van der Waals surface area contributed by atoms with Gasteiger partial charge in [0.25, 0.3) is 0 Å². The predicted molar refractivity (Wildman–Crippen MR) is 86.4 cm³/mol. The molecule has 0 aliphatic carbocycles. The van der Waals surface area contributed by atoms with Gasteiger partial charge in [0.1, 0.15) is 0 Å². The molecule has 0 bridgehead atoms. The Morgan fingerprint density at radius 2 is 2.24 bits per heavy atom. The Hall–Kier alpha value is -0.910. The molecule has 1 aromatic heterocycles. The second kappa shape index (κ2) is 7.38. The van der Waals surface area contributed by atoms with Gasteiger partial charge in [-0.1, -0.05) is 6.07 Å². The molecule has 116 valence electrons. The van der Waals surface area contributed by atoms with Gasteiger partial charge in [-0.25, -0.2) is 0 Å². The molecule has 2 saturated heterocycles. The molecule has 0 spiro atoms. The summed E-state index contributed by atoms with van der Waals surface area (Å²) in [5.41, 5.74) is 0. The lowest BCUT2D eigenvalue weighted by molar-refractivity contribution is -0.123. The zero-order valence-electron chi connectivity index (χ0n) is 12.5. The van der Waals surface area contributed by atoms with Gasteiger partial charge >= 0.3 is 0 Å². The second-order valence-electron chi connectivity index (χ2n) is 6.19. The van der Waals surface area contributed by atoms with Crippen LogP contribution in [0.5, 0.6) is 0 Å². The van der Waals surface area contributed by atoms with Gasteiger partial charge in [0.2, 0.25) is 5.91 Å². The Balaban J connectivity index is 1.34. The van der Waals surface area contributed by atoms with Crippen LogP contribution in [-0.4, -0.2) is 43.0 Å². The smallest absolute Gasteiger partial charge is 0.237 e. The lowest BCUT2D eigenvalue weighted by atomic mass is 9.96. The lowest BCUT2D eigenvalue weighted by Gasteiger charge is -2.31. The molecule has 1 amide bonds. The molecule has 0 unspecified atom stereocenters. The van der Waals surface area contributed by atoms with Gasteiger partial charge in [-0.15, -0.1) is 11.3 Å². The van der Waals surface area contributed by atoms with Crippen LogP contribution in [0.1, 0.15) is 30.6 Å². The first kappa shape index (κ1) is 15.0. The van der Waals surface area contributed by atoms with Crippen molar-refractivity contribution in [3.8, 4) is 0 Å². The van der Waals surface area contributed by atoms with E-state index in [1.165, 1.54) is 17.7 Å². The summed E-state index contributed by atoms with van der Waals surface area (Å²) in [6, 6.07) is 4.40. The second-order valence-corrected chi connectivity index (χ2v) is 7.23. The zero-order valence-corrected chi connectivity index (χ0v) is 13.3. The van der Waals surface area contributed by atoms with Gasteiger partial charge in [-0.05, 0) is 62.7 Å². The quantitative estimate of drug-likeness (QED) is 0.872. The van der Waals surface area contributed by atoms with Crippen molar-refractivity contribution in [3.05, 3.63) is 22.4 Å². The molecule has 0 radical (unpaired) electrons. The van der Waals surface area contributed by atoms with Crippen LogP contribution in [0.25, 0.3) is 0 Å². The van der Waals surface area contributed by atoms with E-state index in [0.29, 0.717) is 5.92 Å². The Kier molecular flexibility index (Phi) is 5.27. The number of rotatable bonds is 5. The van der Waals surface area contributed by atoms with E-state index >= 15 is 0 Å². The zero-order chi connectivity index (χ0) is 14.5. The minimum absolute atomic E-state index is 0.0592. The van der Waals surface area contributed by atoms with Crippen LogP contribution in [0, 0.1) is 5.92 Å². The first-order chi connectivity index (χ1) is 10.3. The number of likely N-dealkylation sites (tertiary alicyclic amines) is 1. The summed E-state index contributed by atoms with van der Waals surface area (Å²) in [6.45, 7) is 5.23. The summed E-state index contributed by atoms with van der Waals surface area (Å²) >= 11 is 1.84. The average molecular weight is 307 g/mol. The largest absolute Gasteiger partial charge is 0.354 e. The van der Waals surface area contributed by atoms with Crippen LogP contribution >= 0.6 is 11.3 Å². The van der Waals surface area contributed by atoms with Crippen LogP contribution < -0.4 is 10.6 Å². The molecule has 0 aromatic carbocycles. The van der Waals surface area contributed by atoms with E-state index in [2.05, 4.69) is 33.0 Å². The van der Waals surface area contributed by atoms with E-state index in [4.69, 9.17) is 0 Å². The summed E-state index contributed by atoms with van der Waals surface area (Å²) in [4.78, 5) is 16.0. The third-order valence-electron chi connectivity index (χ3n) is 4.61. The molecule has 4 nitrogen and oxygen atoms in total. The number of carbonyl (C=O) groups is 1. The van der Waals surface area contributed by atoms with E-state index < -0.39 is 0 Å². The fraction of sp³-hybridized carbons (Fsp3) is 0.688. The molecule has 3 rings (SSSR count). The molecule has 3 heterocycles. The monoisotopic (exact) mass is 307 g/mol. The number of thiophene rings is 1. The highest BCUT2D eigenvalue weighted by atomic mass is 32.1. The van der Waals surface area contributed by atoms with Gasteiger partial charge in [-0.3, -0.25) is 9.69 Å². The topological polar surface area (TPSA) is 44.4 Å². The van der Waals surface area contributed by atoms with Crippen molar-refractivity contribution >= 4 is 17.2 Å². The highest BCUT2D eigenvalue weighted by molar-refractivity contribution is 7.09. The summed E-state index contributed by atoms with van der Waals surface area (Å²) in [6.07, 6.45) is 4.51. The van der Waals surface area contributed by atoms with Crippen molar-refractivity contribution in [1.29, 1.82) is 0 Å². The van der Waals surface area contributed by atoms with Gasteiger partial charge < -0.3 is 10.6 Å². The predicted octanol–water partition coefficient (Wildman–Crippen LogP) is 1.83. The molecule has 1 atom stereocenters. The molecule has 2 N–H and O–H groups in total. The number of hydrogen-bond donors (Lipinski definition) is 2. The van der Waals surface area contributed by atoms with Crippen LogP contribution in [0.3, 0.4) is 0 Å². The van der Waals surface area contributed by atoms with E-state index in [-0.39, 0.29) is 11.9 Å². The Labute approximate surface area is 130 Å². The highest BCUT2D eigenvalue weighted by Gasteiger charge is 2.24. The first-order valence-corrected chi connectivity index (χ1v) is 8.95. The van der Waals surface area contributed by atoms with Crippen LogP contribution in [0.15, 0.2) is 17.5 Å². The van der Waals surface area contributed by atoms with E-state index in [0.717, 1.165) is 45.6 Å². The molecular weight excluding hydrogens is 282 g/mol. The maximum absolute atomic E-state index is 12.0. The Morgan fingerprint density at radius 1 is 1.38 bits per heavy atom. The normalized spacial score (nSPS) is 24.3. The van der Waals surface area contributed by atoms with E-state index in [1.807, 2.05) is 11.3 Å². The third kappa shape index (κ3) is 4.28. The van der Waals surface area contributed by atoms with Crippen molar-refractivity contribution in [2.75, 3.05) is 26.2 Å². The van der Waals surface area contributed by atoms with Crippen molar-refractivity contribution in [1.82, 2.24) is 15.5 Å². The van der Waals surface area contributed by atoms with Crippen LogP contribution in [-0.2, 0) is 11.3 Å². The fourth-order valence-corrected chi connectivity index (χ4v) is 3.99. The molecule has 1 aromatic rings. The summed E-state index contributed by atoms with van der Waals surface area (Å²) in [5, 5.41) is 8.54. The number of piperidine rings is 1.